The molecule has 1 fully saturated rings. The highest BCUT2D eigenvalue weighted by Crippen LogP contribution is 2.44. The van der Waals surface area contributed by atoms with Crippen LogP contribution in [-0.4, -0.2) is 35.6 Å². The van der Waals surface area contributed by atoms with Crippen LogP contribution in [0.2, 0.25) is 0 Å². The Balaban J connectivity index is 1.51. The number of carbonyl (C=O) groups is 1. The molecule has 0 saturated carbocycles. The van der Waals surface area contributed by atoms with Crippen LogP contribution in [-0.2, 0) is 16.9 Å². The first-order valence-corrected chi connectivity index (χ1v) is 9.10. The van der Waals surface area contributed by atoms with E-state index in [-0.39, 0.29) is 17.3 Å². The molecule has 0 atom stereocenters. The summed E-state index contributed by atoms with van der Waals surface area (Å²) in [4.78, 5) is 14.7. The van der Waals surface area contributed by atoms with E-state index in [1.807, 2.05) is 19.1 Å². The average Bonchev–Trinajstić information content (AvgIpc) is 3.02. The Kier molecular flexibility index (Phi) is 4.32. The summed E-state index contributed by atoms with van der Waals surface area (Å²) in [7, 11) is 0. The SMILES string of the molecule is CCOc1ccc(O)c(C(=O)N2CCC3(CC2)OCc2ccccc23)c1. The number of phenolic OH excluding ortho intramolecular Hbond substituents is 1. The molecule has 136 valence electrons. The number of piperidine rings is 1. The van der Waals surface area contributed by atoms with Crippen molar-refractivity contribution in [3.05, 3.63) is 59.2 Å². The monoisotopic (exact) mass is 353 g/mol. The molecule has 1 amide bonds. The smallest absolute Gasteiger partial charge is 0.257 e. The predicted octanol–water partition coefficient (Wildman–Crippen LogP) is 3.45. The zero-order chi connectivity index (χ0) is 18.1. The van der Waals surface area contributed by atoms with E-state index in [0.717, 1.165) is 12.8 Å². The molecular weight excluding hydrogens is 330 g/mol. The van der Waals surface area contributed by atoms with Gasteiger partial charge in [0.15, 0.2) is 0 Å². The maximum Gasteiger partial charge on any atom is 0.257 e. The zero-order valence-corrected chi connectivity index (χ0v) is 14.9. The number of amides is 1. The highest BCUT2D eigenvalue weighted by Gasteiger charge is 2.43. The van der Waals surface area contributed by atoms with E-state index in [4.69, 9.17) is 9.47 Å². The largest absolute Gasteiger partial charge is 0.507 e. The highest BCUT2D eigenvalue weighted by molar-refractivity contribution is 5.97. The van der Waals surface area contributed by atoms with Gasteiger partial charge in [-0.2, -0.15) is 0 Å². The summed E-state index contributed by atoms with van der Waals surface area (Å²) in [5, 5.41) is 10.1. The third-order valence-corrected chi connectivity index (χ3v) is 5.38. The average molecular weight is 353 g/mol. The van der Waals surface area contributed by atoms with Gasteiger partial charge in [-0.05, 0) is 49.1 Å². The Morgan fingerprint density at radius 3 is 2.77 bits per heavy atom. The summed E-state index contributed by atoms with van der Waals surface area (Å²) in [5.41, 5.74) is 2.52. The summed E-state index contributed by atoms with van der Waals surface area (Å²) in [5.74, 6) is 0.418. The molecule has 2 aliphatic heterocycles. The number of aromatic hydroxyl groups is 1. The molecule has 0 bridgehead atoms. The van der Waals surface area contributed by atoms with E-state index < -0.39 is 0 Å². The van der Waals surface area contributed by atoms with Crippen molar-refractivity contribution >= 4 is 5.91 Å². The molecule has 0 unspecified atom stereocenters. The van der Waals surface area contributed by atoms with Crippen LogP contribution in [0.4, 0.5) is 0 Å². The minimum absolute atomic E-state index is 0.0128. The van der Waals surface area contributed by atoms with Crippen molar-refractivity contribution in [3.63, 3.8) is 0 Å². The van der Waals surface area contributed by atoms with Crippen LogP contribution >= 0.6 is 0 Å². The van der Waals surface area contributed by atoms with Crippen LogP contribution in [0.5, 0.6) is 11.5 Å². The predicted molar refractivity (Wildman–Crippen MR) is 97.3 cm³/mol. The first-order valence-electron chi connectivity index (χ1n) is 9.10. The molecule has 1 N–H and O–H groups in total. The standard InChI is InChI=1S/C21H23NO4/c1-2-25-16-7-8-19(23)17(13-16)20(24)22-11-9-21(10-12-22)18-6-4-3-5-15(18)14-26-21/h3-8,13,23H,2,9-12,14H2,1H3. The molecule has 1 saturated heterocycles. The molecular formula is C21H23NO4. The van der Waals surface area contributed by atoms with Crippen molar-refractivity contribution < 1.29 is 19.4 Å². The molecule has 0 radical (unpaired) electrons. The number of likely N-dealkylation sites (tertiary alicyclic amines) is 1. The number of benzene rings is 2. The maximum absolute atomic E-state index is 12.9. The Hall–Kier alpha value is -2.53. The van der Waals surface area contributed by atoms with Crippen molar-refractivity contribution in [3.8, 4) is 11.5 Å². The summed E-state index contributed by atoms with van der Waals surface area (Å²) in [6, 6.07) is 13.1. The first-order chi connectivity index (χ1) is 12.6. The minimum Gasteiger partial charge on any atom is -0.507 e. The van der Waals surface area contributed by atoms with Gasteiger partial charge in [0.05, 0.1) is 24.4 Å². The molecule has 4 rings (SSSR count). The van der Waals surface area contributed by atoms with E-state index in [2.05, 4.69) is 12.1 Å². The second kappa shape index (κ2) is 6.65. The normalized spacial score (nSPS) is 18.0. The Bertz CT molecular complexity index is 825. The van der Waals surface area contributed by atoms with Crippen molar-refractivity contribution in [2.45, 2.75) is 32.0 Å². The van der Waals surface area contributed by atoms with Gasteiger partial charge < -0.3 is 19.5 Å². The molecule has 0 aliphatic carbocycles. The lowest BCUT2D eigenvalue weighted by Crippen LogP contribution is -2.45. The lowest BCUT2D eigenvalue weighted by molar-refractivity contribution is -0.0741. The fraction of sp³-hybridized carbons (Fsp3) is 0.381. The second-order valence-electron chi connectivity index (χ2n) is 6.84. The number of ether oxygens (including phenoxy) is 2. The van der Waals surface area contributed by atoms with Crippen molar-refractivity contribution in [2.24, 2.45) is 0 Å². The quantitative estimate of drug-likeness (QED) is 0.918. The van der Waals surface area contributed by atoms with Gasteiger partial charge in [-0.3, -0.25) is 4.79 Å². The Morgan fingerprint density at radius 1 is 1.23 bits per heavy atom. The number of fused-ring (bicyclic) bond motifs is 2. The highest BCUT2D eigenvalue weighted by atomic mass is 16.5. The fourth-order valence-corrected chi connectivity index (χ4v) is 3.98. The van der Waals surface area contributed by atoms with Gasteiger partial charge in [0, 0.05) is 13.1 Å². The number of carbonyl (C=O) groups excluding carboxylic acids is 1. The lowest BCUT2D eigenvalue weighted by Gasteiger charge is -2.39. The number of hydrogen-bond acceptors (Lipinski definition) is 4. The van der Waals surface area contributed by atoms with Crippen molar-refractivity contribution in [2.75, 3.05) is 19.7 Å². The van der Waals surface area contributed by atoms with Gasteiger partial charge in [0.25, 0.3) is 5.91 Å². The number of rotatable bonds is 3. The Labute approximate surface area is 153 Å². The molecule has 1 spiro atoms. The molecule has 5 heteroatoms. The molecule has 2 aromatic carbocycles. The van der Waals surface area contributed by atoms with Crippen molar-refractivity contribution in [1.82, 2.24) is 4.90 Å². The number of nitrogens with zero attached hydrogens (tertiary/aromatic N) is 1. The molecule has 5 nitrogen and oxygen atoms in total. The van der Waals surface area contributed by atoms with E-state index in [1.165, 1.54) is 17.2 Å². The summed E-state index contributed by atoms with van der Waals surface area (Å²) in [6.45, 7) is 4.25. The Morgan fingerprint density at radius 2 is 2.00 bits per heavy atom. The van der Waals surface area contributed by atoms with Crippen LogP contribution in [0.3, 0.4) is 0 Å². The van der Waals surface area contributed by atoms with Gasteiger partial charge in [0.1, 0.15) is 11.5 Å². The number of phenols is 1. The van der Waals surface area contributed by atoms with Gasteiger partial charge in [-0.15, -0.1) is 0 Å². The van der Waals surface area contributed by atoms with Crippen molar-refractivity contribution in [1.29, 1.82) is 0 Å². The second-order valence-corrected chi connectivity index (χ2v) is 6.84. The van der Waals surface area contributed by atoms with Gasteiger partial charge in [-0.1, -0.05) is 24.3 Å². The third kappa shape index (κ3) is 2.82. The van der Waals surface area contributed by atoms with Crippen LogP contribution in [0.1, 0.15) is 41.3 Å². The molecule has 2 aliphatic rings. The fourth-order valence-electron chi connectivity index (χ4n) is 3.98. The molecule has 2 aromatic rings. The minimum atomic E-state index is -0.275. The zero-order valence-electron chi connectivity index (χ0n) is 14.9. The van der Waals surface area contributed by atoms with Crippen LogP contribution in [0, 0.1) is 0 Å². The lowest BCUT2D eigenvalue weighted by atomic mass is 9.83. The molecule has 26 heavy (non-hydrogen) atoms. The van der Waals surface area contributed by atoms with Gasteiger partial charge >= 0.3 is 0 Å². The van der Waals surface area contributed by atoms with E-state index in [9.17, 15) is 9.90 Å². The summed E-state index contributed by atoms with van der Waals surface area (Å²) >= 11 is 0. The molecule has 0 aromatic heterocycles. The van der Waals surface area contributed by atoms with E-state index >= 15 is 0 Å². The van der Waals surface area contributed by atoms with Gasteiger partial charge in [-0.25, -0.2) is 0 Å². The van der Waals surface area contributed by atoms with Gasteiger partial charge in [0.2, 0.25) is 0 Å². The maximum atomic E-state index is 12.9. The first kappa shape index (κ1) is 16.9. The van der Waals surface area contributed by atoms with Crippen LogP contribution in [0.25, 0.3) is 0 Å². The van der Waals surface area contributed by atoms with Crippen LogP contribution < -0.4 is 4.74 Å². The van der Waals surface area contributed by atoms with E-state index in [1.54, 1.807) is 17.0 Å². The summed E-state index contributed by atoms with van der Waals surface area (Å²) < 4.78 is 11.6. The van der Waals surface area contributed by atoms with E-state index in [0.29, 0.717) is 37.6 Å². The third-order valence-electron chi connectivity index (χ3n) is 5.38. The summed E-state index contributed by atoms with van der Waals surface area (Å²) in [6.07, 6.45) is 1.53. The topological polar surface area (TPSA) is 59.0 Å². The van der Waals surface area contributed by atoms with Crippen LogP contribution in [0.15, 0.2) is 42.5 Å². The molecule has 2 heterocycles. The number of hydrogen-bond donors (Lipinski definition) is 1.